The highest BCUT2D eigenvalue weighted by atomic mass is 16.7. The summed E-state index contributed by atoms with van der Waals surface area (Å²) in [5.74, 6) is -1.28. The second kappa shape index (κ2) is 56.3. The molecular formula is C70H115NO10. The average Bonchev–Trinajstić information content (AvgIpc) is 3.46. The number of rotatable bonds is 52. The van der Waals surface area contributed by atoms with Crippen molar-refractivity contribution in [1.29, 1.82) is 0 Å². The van der Waals surface area contributed by atoms with Crippen LogP contribution in [0.15, 0.2) is 134 Å². The predicted molar refractivity (Wildman–Crippen MR) is 337 cm³/mol. The van der Waals surface area contributed by atoms with Crippen molar-refractivity contribution in [2.24, 2.45) is 0 Å². The van der Waals surface area contributed by atoms with Gasteiger partial charge in [0.05, 0.1) is 25.4 Å². The maximum Gasteiger partial charge on any atom is 0.306 e. The summed E-state index contributed by atoms with van der Waals surface area (Å²) in [6, 6.07) is -1.06. The van der Waals surface area contributed by atoms with Crippen molar-refractivity contribution in [1.82, 2.24) is 5.32 Å². The van der Waals surface area contributed by atoms with E-state index >= 15 is 0 Å². The highest BCUT2D eigenvalue weighted by molar-refractivity contribution is 5.80. The molecule has 0 saturated carbocycles. The van der Waals surface area contributed by atoms with Gasteiger partial charge in [0.25, 0.3) is 0 Å². The maximum absolute atomic E-state index is 13.4. The van der Waals surface area contributed by atoms with E-state index in [-0.39, 0.29) is 19.4 Å². The van der Waals surface area contributed by atoms with Crippen LogP contribution in [-0.4, -0.2) is 99.6 Å². The van der Waals surface area contributed by atoms with E-state index in [4.69, 9.17) is 14.2 Å². The zero-order chi connectivity index (χ0) is 58.9. The Morgan fingerprint density at radius 3 is 1.36 bits per heavy atom. The van der Waals surface area contributed by atoms with Crippen molar-refractivity contribution in [3.8, 4) is 0 Å². The maximum atomic E-state index is 13.4. The number of aliphatic hydroxyl groups excluding tert-OH is 5. The second-order valence-corrected chi connectivity index (χ2v) is 21.4. The van der Waals surface area contributed by atoms with Gasteiger partial charge in [0.1, 0.15) is 24.4 Å². The van der Waals surface area contributed by atoms with E-state index in [1.165, 1.54) is 70.6 Å². The lowest BCUT2D eigenvalue weighted by Gasteiger charge is -2.41. The molecule has 1 fully saturated rings. The third kappa shape index (κ3) is 44.1. The number of hydrogen-bond acceptors (Lipinski definition) is 10. The Balaban J connectivity index is 2.75. The number of nitrogens with one attached hydrogen (secondary N) is 1. The third-order valence-corrected chi connectivity index (χ3v) is 14.0. The molecule has 1 aliphatic heterocycles. The first-order valence-corrected chi connectivity index (χ1v) is 32.0. The van der Waals surface area contributed by atoms with Crippen LogP contribution in [0.3, 0.4) is 0 Å². The van der Waals surface area contributed by atoms with E-state index in [0.717, 1.165) is 109 Å². The van der Waals surface area contributed by atoms with E-state index in [9.17, 15) is 35.1 Å². The fraction of sp³-hybridized carbons (Fsp3) is 0.657. The summed E-state index contributed by atoms with van der Waals surface area (Å²) in [5, 5.41) is 57.0. The molecule has 8 atom stereocenters. The van der Waals surface area contributed by atoms with Crippen molar-refractivity contribution in [3.05, 3.63) is 134 Å². The molecule has 0 aromatic heterocycles. The highest BCUT2D eigenvalue weighted by Gasteiger charge is 2.47. The Kier molecular flexibility index (Phi) is 52.0. The molecule has 0 spiro atoms. The Bertz CT molecular complexity index is 1830. The van der Waals surface area contributed by atoms with Crippen LogP contribution in [0, 0.1) is 0 Å². The summed E-state index contributed by atoms with van der Waals surface area (Å²) in [5.41, 5.74) is 0. The largest absolute Gasteiger partial charge is 0.454 e. The molecular weight excluding hydrogens is 1010 g/mol. The summed E-state index contributed by atoms with van der Waals surface area (Å²) in [6.07, 6.45) is 69.1. The minimum atomic E-state index is -1.64. The van der Waals surface area contributed by atoms with Crippen LogP contribution in [-0.2, 0) is 23.8 Å². The van der Waals surface area contributed by atoms with E-state index in [0.29, 0.717) is 19.3 Å². The second-order valence-electron chi connectivity index (χ2n) is 21.4. The molecule has 81 heavy (non-hydrogen) atoms. The van der Waals surface area contributed by atoms with Crippen LogP contribution in [0.25, 0.3) is 0 Å². The smallest absolute Gasteiger partial charge is 0.306 e. The van der Waals surface area contributed by atoms with Crippen molar-refractivity contribution < 1.29 is 49.3 Å². The number of amides is 1. The average molecular weight is 1130 g/mol. The monoisotopic (exact) mass is 1130 g/mol. The van der Waals surface area contributed by atoms with E-state index in [1.807, 2.05) is 12.2 Å². The molecule has 0 bridgehead atoms. The molecule has 1 saturated heterocycles. The first kappa shape index (κ1) is 74.8. The summed E-state index contributed by atoms with van der Waals surface area (Å²) < 4.78 is 17.6. The van der Waals surface area contributed by atoms with E-state index in [2.05, 4.69) is 142 Å². The molecule has 8 unspecified atom stereocenters. The van der Waals surface area contributed by atoms with Crippen LogP contribution < -0.4 is 5.32 Å². The number of allylic oxidation sites excluding steroid dienone is 21. The minimum Gasteiger partial charge on any atom is -0.454 e. The Morgan fingerprint density at radius 2 is 0.889 bits per heavy atom. The van der Waals surface area contributed by atoms with Gasteiger partial charge in [0.2, 0.25) is 5.91 Å². The van der Waals surface area contributed by atoms with Gasteiger partial charge >= 0.3 is 5.97 Å². The third-order valence-electron chi connectivity index (χ3n) is 14.0. The zero-order valence-corrected chi connectivity index (χ0v) is 50.8. The Morgan fingerprint density at radius 1 is 0.494 bits per heavy atom. The quantitative estimate of drug-likeness (QED) is 0.0195. The van der Waals surface area contributed by atoms with Gasteiger partial charge in [-0.3, -0.25) is 9.59 Å². The molecule has 1 amide bonds. The van der Waals surface area contributed by atoms with Gasteiger partial charge in [0, 0.05) is 6.42 Å². The number of hydrogen-bond donors (Lipinski definition) is 6. The van der Waals surface area contributed by atoms with Gasteiger partial charge in [-0.05, 0) is 122 Å². The molecule has 0 radical (unpaired) electrons. The molecule has 0 aromatic carbocycles. The topological polar surface area (TPSA) is 175 Å². The van der Waals surface area contributed by atoms with Crippen molar-refractivity contribution in [2.45, 2.75) is 282 Å². The van der Waals surface area contributed by atoms with Crippen LogP contribution in [0.4, 0.5) is 0 Å². The van der Waals surface area contributed by atoms with Gasteiger partial charge in [-0.15, -0.1) is 0 Å². The van der Waals surface area contributed by atoms with Gasteiger partial charge in [-0.2, -0.15) is 0 Å². The molecule has 11 nitrogen and oxygen atoms in total. The zero-order valence-electron chi connectivity index (χ0n) is 50.8. The van der Waals surface area contributed by atoms with Crippen LogP contribution in [0.2, 0.25) is 0 Å². The van der Waals surface area contributed by atoms with Crippen LogP contribution >= 0.6 is 0 Å². The first-order chi connectivity index (χ1) is 39.7. The molecule has 0 aromatic rings. The lowest BCUT2D eigenvalue weighted by molar-refractivity contribution is -0.305. The number of ether oxygens (including phenoxy) is 3. The molecule has 0 aliphatic carbocycles. The lowest BCUT2D eigenvalue weighted by atomic mass is 9.99. The van der Waals surface area contributed by atoms with E-state index in [1.54, 1.807) is 6.08 Å². The Hall–Kier alpha value is -4.20. The van der Waals surface area contributed by atoms with Crippen molar-refractivity contribution >= 4 is 11.9 Å². The normalized spacial score (nSPS) is 19.6. The number of esters is 1. The first-order valence-electron chi connectivity index (χ1n) is 32.0. The minimum absolute atomic E-state index is 0.0728. The number of carbonyl (C=O) groups excluding carboxylic acids is 2. The summed E-state index contributed by atoms with van der Waals surface area (Å²) in [4.78, 5) is 26.6. The number of aliphatic hydroxyl groups is 5. The summed E-state index contributed by atoms with van der Waals surface area (Å²) in [6.45, 7) is 5.59. The molecule has 1 rings (SSSR count). The van der Waals surface area contributed by atoms with Crippen molar-refractivity contribution in [2.75, 3.05) is 13.2 Å². The fourth-order valence-corrected chi connectivity index (χ4v) is 8.99. The molecule has 6 N–H and O–H groups in total. The lowest BCUT2D eigenvalue weighted by Crippen LogP contribution is -2.61. The SMILES string of the molecule is CC/C=C\C/C=C\C/C=C\C/C=C\C/C=C\C/C=C\CCCC(O)C(=O)NC(COC1OC(CO)C(O)C(O)C1OC(=O)CCCCC/C=C\C/C=C\C/C=C\C/C=C\CCCCC)C(O)/C=C/CCCCCCCCCCCCC. The van der Waals surface area contributed by atoms with Crippen molar-refractivity contribution in [3.63, 3.8) is 0 Å². The number of carbonyl (C=O) groups is 2. The Labute approximate surface area is 493 Å². The molecule has 1 heterocycles. The van der Waals surface area contributed by atoms with E-state index < -0.39 is 67.4 Å². The van der Waals surface area contributed by atoms with Gasteiger partial charge < -0.3 is 45.1 Å². The summed E-state index contributed by atoms with van der Waals surface area (Å²) >= 11 is 0. The van der Waals surface area contributed by atoms with Gasteiger partial charge in [-0.25, -0.2) is 0 Å². The standard InChI is InChI=1S/C70H115NO10/c1-4-7-10-13-16-19-22-25-27-29-31-33-34-36-39-42-45-48-51-54-57-63(74)69(78)71-61(62(73)56-53-50-47-44-41-38-24-21-18-15-12-9-6-3)60-79-70-68(67(77)66(76)64(59-72)80-70)81-65(75)58-55-52-49-46-43-40-37-35-32-30-28-26-23-20-17-14-11-8-5-2/h7,10,16-17,19-20,25-28,31-33,35-36,39-40,43,45,48,53,56,61-64,66-68,70,72-74,76-77H,4-6,8-9,11-15,18,21-24,29-30,34,37-38,41-42,44,46-47,49-52,54-55,57-60H2,1-3H3,(H,71,78)/b10-7-,19-16-,20-17-,27-25-,28-26-,33-31-,35-32-,39-36-,43-40-,48-45-,56-53+. The molecule has 460 valence electrons. The summed E-state index contributed by atoms with van der Waals surface area (Å²) in [7, 11) is 0. The van der Waals surface area contributed by atoms with Crippen LogP contribution in [0.1, 0.15) is 233 Å². The van der Waals surface area contributed by atoms with Gasteiger partial charge in [-0.1, -0.05) is 238 Å². The van der Waals surface area contributed by atoms with Gasteiger partial charge in [0.15, 0.2) is 12.4 Å². The fourth-order valence-electron chi connectivity index (χ4n) is 8.99. The predicted octanol–water partition coefficient (Wildman–Crippen LogP) is 15.6. The van der Waals surface area contributed by atoms with Crippen LogP contribution in [0.5, 0.6) is 0 Å². The molecule has 11 heteroatoms. The highest BCUT2D eigenvalue weighted by Crippen LogP contribution is 2.26. The number of unbranched alkanes of at least 4 members (excludes halogenated alkanes) is 18. The molecule has 1 aliphatic rings.